The van der Waals surface area contributed by atoms with Gasteiger partial charge in [-0.1, -0.05) is 37.3 Å². The molecule has 1 aliphatic rings. The maximum absolute atomic E-state index is 13.2. The van der Waals surface area contributed by atoms with Crippen molar-refractivity contribution < 1.29 is 14.4 Å². The molecule has 170 valence electrons. The number of hydrogen-bond donors (Lipinski definition) is 2. The van der Waals surface area contributed by atoms with Crippen LogP contribution in [0.25, 0.3) is 0 Å². The van der Waals surface area contributed by atoms with Gasteiger partial charge in [-0.3, -0.25) is 19.7 Å². The average molecular weight is 437 g/mol. The van der Waals surface area contributed by atoms with Gasteiger partial charge in [-0.2, -0.15) is 0 Å². The summed E-state index contributed by atoms with van der Waals surface area (Å²) in [6.07, 6.45) is 2.00. The molecule has 2 aromatic rings. The van der Waals surface area contributed by atoms with Gasteiger partial charge >= 0.3 is 0 Å². The Morgan fingerprint density at radius 3 is 2.22 bits per heavy atom. The van der Waals surface area contributed by atoms with Crippen molar-refractivity contribution in [3.8, 4) is 0 Å². The van der Waals surface area contributed by atoms with Crippen LogP contribution in [0.2, 0.25) is 0 Å². The van der Waals surface area contributed by atoms with Crippen molar-refractivity contribution in [2.24, 2.45) is 5.92 Å². The van der Waals surface area contributed by atoms with Crippen LogP contribution in [0.15, 0.2) is 54.6 Å². The number of likely N-dealkylation sites (tertiary alicyclic amines) is 1. The highest BCUT2D eigenvalue weighted by Crippen LogP contribution is 2.21. The topological polar surface area (TPSA) is 81.8 Å². The van der Waals surface area contributed by atoms with Gasteiger partial charge in [-0.25, -0.2) is 0 Å². The van der Waals surface area contributed by atoms with Gasteiger partial charge in [0, 0.05) is 38.4 Å². The van der Waals surface area contributed by atoms with Crippen molar-refractivity contribution >= 4 is 23.4 Å². The molecule has 7 heteroatoms. The predicted molar refractivity (Wildman–Crippen MR) is 125 cm³/mol. The van der Waals surface area contributed by atoms with Crippen molar-refractivity contribution in [2.45, 2.75) is 25.8 Å². The molecule has 0 radical (unpaired) electrons. The highest BCUT2D eigenvalue weighted by atomic mass is 16.2. The third-order valence-electron chi connectivity index (χ3n) is 5.76. The molecule has 0 aliphatic carbocycles. The van der Waals surface area contributed by atoms with Crippen LogP contribution in [0.5, 0.6) is 0 Å². The Labute approximate surface area is 189 Å². The van der Waals surface area contributed by atoms with Crippen LogP contribution >= 0.6 is 0 Å². The maximum atomic E-state index is 13.2. The fourth-order valence-corrected chi connectivity index (χ4v) is 3.76. The minimum atomic E-state index is -0.574. The van der Waals surface area contributed by atoms with E-state index in [1.807, 2.05) is 35.2 Å². The second-order valence-corrected chi connectivity index (χ2v) is 8.56. The van der Waals surface area contributed by atoms with E-state index in [2.05, 4.69) is 17.6 Å². The molecule has 3 amide bonds. The number of carbonyl (C=O) groups is 3. The van der Waals surface area contributed by atoms with E-state index in [4.69, 9.17) is 0 Å². The van der Waals surface area contributed by atoms with E-state index in [-0.39, 0.29) is 24.3 Å². The largest absolute Gasteiger partial charge is 0.345 e. The molecule has 1 heterocycles. The summed E-state index contributed by atoms with van der Waals surface area (Å²) in [6, 6.07) is 15.7. The summed E-state index contributed by atoms with van der Waals surface area (Å²) in [6.45, 7) is 3.69. The zero-order valence-electron chi connectivity index (χ0n) is 19.0. The zero-order chi connectivity index (χ0) is 23.1. The smallest absolute Gasteiger partial charge is 0.253 e. The van der Waals surface area contributed by atoms with Gasteiger partial charge in [0.05, 0.1) is 6.54 Å². The highest BCUT2D eigenvalue weighted by Gasteiger charge is 2.28. The molecule has 3 rings (SSSR count). The first kappa shape index (κ1) is 23.5. The van der Waals surface area contributed by atoms with Crippen LogP contribution in [-0.2, 0) is 9.59 Å². The average Bonchev–Trinajstić information content (AvgIpc) is 2.80. The lowest BCUT2D eigenvalue weighted by atomic mass is 9.97. The fraction of sp³-hybridized carbons (Fsp3) is 0.400. The summed E-state index contributed by atoms with van der Waals surface area (Å²) in [5.74, 6) is 0.286. The van der Waals surface area contributed by atoms with Gasteiger partial charge in [0.25, 0.3) is 5.91 Å². The molecule has 1 aliphatic heterocycles. The molecule has 0 spiro atoms. The van der Waals surface area contributed by atoms with Crippen molar-refractivity contribution in [3.63, 3.8) is 0 Å². The molecule has 0 unspecified atom stereocenters. The quantitative estimate of drug-likeness (QED) is 0.699. The summed E-state index contributed by atoms with van der Waals surface area (Å²) in [7, 11) is 3.39. The lowest BCUT2D eigenvalue weighted by molar-refractivity contribution is -0.135. The SMILES string of the molecule is CC1CCN(C(=O)[C@@H](NCC(=O)Nc2ccc(C(=O)N(C)C)cc2)c2ccccc2)CC1. The summed E-state index contributed by atoms with van der Waals surface area (Å²) in [5.41, 5.74) is 1.99. The van der Waals surface area contributed by atoms with Gasteiger partial charge in [0.2, 0.25) is 11.8 Å². The Morgan fingerprint density at radius 2 is 1.62 bits per heavy atom. The van der Waals surface area contributed by atoms with Crippen LogP contribution in [0.4, 0.5) is 5.69 Å². The number of benzene rings is 2. The van der Waals surface area contributed by atoms with Gasteiger partial charge in [-0.05, 0) is 48.6 Å². The Morgan fingerprint density at radius 1 is 1.00 bits per heavy atom. The molecule has 2 N–H and O–H groups in total. The molecule has 7 nitrogen and oxygen atoms in total. The van der Waals surface area contributed by atoms with Crippen LogP contribution in [0.3, 0.4) is 0 Å². The fourth-order valence-electron chi connectivity index (χ4n) is 3.76. The van der Waals surface area contributed by atoms with Crippen LogP contribution in [0, 0.1) is 5.92 Å². The Bertz CT molecular complexity index is 920. The number of piperidine rings is 1. The summed E-state index contributed by atoms with van der Waals surface area (Å²) < 4.78 is 0. The normalized spacial score (nSPS) is 15.2. The molecule has 0 saturated carbocycles. The van der Waals surface area contributed by atoms with Crippen LogP contribution in [0.1, 0.15) is 41.7 Å². The van der Waals surface area contributed by atoms with Crippen LogP contribution < -0.4 is 10.6 Å². The van der Waals surface area contributed by atoms with Crippen molar-refractivity contribution in [1.82, 2.24) is 15.1 Å². The van der Waals surface area contributed by atoms with E-state index in [1.54, 1.807) is 38.4 Å². The van der Waals surface area contributed by atoms with Crippen molar-refractivity contribution in [2.75, 3.05) is 39.0 Å². The minimum Gasteiger partial charge on any atom is -0.345 e. The lowest BCUT2D eigenvalue weighted by Gasteiger charge is -2.33. The molecule has 2 aromatic carbocycles. The predicted octanol–water partition coefficient (Wildman–Crippen LogP) is 2.92. The first-order valence-electron chi connectivity index (χ1n) is 11.0. The number of hydrogen-bond acceptors (Lipinski definition) is 4. The van der Waals surface area contributed by atoms with Gasteiger partial charge in [0.1, 0.15) is 6.04 Å². The van der Waals surface area contributed by atoms with Gasteiger partial charge < -0.3 is 15.1 Å². The van der Waals surface area contributed by atoms with E-state index in [1.165, 1.54) is 4.90 Å². The van der Waals surface area contributed by atoms with E-state index in [0.717, 1.165) is 31.5 Å². The summed E-state index contributed by atoms with van der Waals surface area (Å²) in [5, 5.41) is 5.96. The second-order valence-electron chi connectivity index (χ2n) is 8.56. The number of amides is 3. The Balaban J connectivity index is 1.62. The maximum Gasteiger partial charge on any atom is 0.253 e. The Hall–Kier alpha value is -3.19. The molecule has 0 bridgehead atoms. The standard InChI is InChI=1S/C25H32N4O3/c1-18-13-15-29(16-14-18)25(32)23(19-7-5-4-6-8-19)26-17-22(30)27-21-11-9-20(10-12-21)24(31)28(2)3/h4-12,18,23,26H,13-17H2,1-3H3,(H,27,30)/t23-/m0/s1. The third kappa shape index (κ3) is 6.17. The number of anilines is 1. The Kier molecular flexibility index (Phi) is 8.00. The second kappa shape index (κ2) is 10.9. The minimum absolute atomic E-state index is 0.00227. The monoisotopic (exact) mass is 436 g/mol. The summed E-state index contributed by atoms with van der Waals surface area (Å²) in [4.78, 5) is 41.2. The molecule has 1 saturated heterocycles. The number of nitrogens with one attached hydrogen (secondary N) is 2. The summed E-state index contributed by atoms with van der Waals surface area (Å²) >= 11 is 0. The van der Waals surface area contributed by atoms with E-state index >= 15 is 0 Å². The molecular formula is C25H32N4O3. The lowest BCUT2D eigenvalue weighted by Crippen LogP contribution is -2.46. The molecule has 1 fully saturated rings. The number of nitrogens with zero attached hydrogens (tertiary/aromatic N) is 2. The first-order valence-corrected chi connectivity index (χ1v) is 11.0. The van der Waals surface area contributed by atoms with Crippen LogP contribution in [-0.4, -0.2) is 61.3 Å². The molecule has 1 atom stereocenters. The number of rotatable bonds is 7. The van der Waals surface area contributed by atoms with E-state index in [0.29, 0.717) is 17.2 Å². The zero-order valence-corrected chi connectivity index (χ0v) is 19.0. The van der Waals surface area contributed by atoms with E-state index in [9.17, 15) is 14.4 Å². The van der Waals surface area contributed by atoms with E-state index < -0.39 is 6.04 Å². The molecular weight excluding hydrogens is 404 g/mol. The van der Waals surface area contributed by atoms with Crippen molar-refractivity contribution in [1.29, 1.82) is 0 Å². The van der Waals surface area contributed by atoms with Gasteiger partial charge in [0.15, 0.2) is 0 Å². The molecule has 0 aromatic heterocycles. The van der Waals surface area contributed by atoms with Crippen molar-refractivity contribution in [3.05, 3.63) is 65.7 Å². The first-order chi connectivity index (χ1) is 15.3. The highest BCUT2D eigenvalue weighted by molar-refractivity contribution is 5.96. The third-order valence-corrected chi connectivity index (χ3v) is 5.76. The number of carbonyl (C=O) groups excluding carboxylic acids is 3. The molecule has 32 heavy (non-hydrogen) atoms. The van der Waals surface area contributed by atoms with Gasteiger partial charge in [-0.15, -0.1) is 0 Å².